The van der Waals surface area contributed by atoms with Gasteiger partial charge >= 0.3 is 5.97 Å². The molecule has 0 bridgehead atoms. The summed E-state index contributed by atoms with van der Waals surface area (Å²) in [7, 11) is 0. The molecule has 0 aliphatic heterocycles. The Balaban J connectivity index is 2.24. The fourth-order valence-electron chi connectivity index (χ4n) is 2.44. The van der Waals surface area contributed by atoms with Crippen molar-refractivity contribution >= 4 is 37.6 Å². The number of esters is 1. The zero-order valence-corrected chi connectivity index (χ0v) is 14.3. The lowest BCUT2D eigenvalue weighted by Gasteiger charge is -2.18. The second kappa shape index (κ2) is 5.45. The van der Waals surface area contributed by atoms with Crippen LogP contribution in [0.1, 0.15) is 43.9 Å². The highest BCUT2D eigenvalue weighted by atomic mass is 32.1. The number of nitrogens with one attached hydrogen (secondary N) is 1. The number of hydrogen-bond donors (Lipinski definition) is 1. The quantitative estimate of drug-likeness (QED) is 0.729. The third-order valence-electron chi connectivity index (χ3n) is 3.68. The standard InChI is InChI=1S/C17H18N2O3S/c1-5-22-16(21)13-18-14(20)12-10-7-6-9(17(2,3)4)8-11(10)23-15(12)19-13/h6-8H,5H2,1-4H3,(H,18,19,20). The van der Waals surface area contributed by atoms with E-state index < -0.39 is 5.97 Å². The molecule has 1 N–H and O–H groups in total. The number of aromatic amines is 1. The third-order valence-corrected chi connectivity index (χ3v) is 4.73. The van der Waals surface area contributed by atoms with Gasteiger partial charge in [-0.3, -0.25) is 4.79 Å². The minimum absolute atomic E-state index is 0.0281. The highest BCUT2D eigenvalue weighted by molar-refractivity contribution is 7.25. The summed E-state index contributed by atoms with van der Waals surface area (Å²) in [6, 6.07) is 6.08. The van der Waals surface area contributed by atoms with Crippen LogP contribution in [0, 0.1) is 0 Å². The van der Waals surface area contributed by atoms with Gasteiger partial charge in [0.15, 0.2) is 0 Å². The van der Waals surface area contributed by atoms with E-state index in [-0.39, 0.29) is 23.4 Å². The maximum absolute atomic E-state index is 12.4. The first-order valence-corrected chi connectivity index (χ1v) is 8.27. The fourth-order valence-corrected chi connectivity index (χ4v) is 3.56. The molecular weight excluding hydrogens is 312 g/mol. The second-order valence-corrected chi connectivity index (χ2v) is 7.41. The van der Waals surface area contributed by atoms with Gasteiger partial charge in [0.2, 0.25) is 5.82 Å². The summed E-state index contributed by atoms with van der Waals surface area (Å²) in [5.41, 5.74) is 0.909. The largest absolute Gasteiger partial charge is 0.460 e. The van der Waals surface area contributed by atoms with E-state index in [4.69, 9.17) is 4.74 Å². The summed E-state index contributed by atoms with van der Waals surface area (Å²) < 4.78 is 5.89. The Morgan fingerprint density at radius 1 is 1.35 bits per heavy atom. The zero-order chi connectivity index (χ0) is 16.8. The van der Waals surface area contributed by atoms with E-state index in [0.29, 0.717) is 10.2 Å². The molecule has 0 radical (unpaired) electrons. The molecule has 0 aliphatic carbocycles. The highest BCUT2D eigenvalue weighted by Crippen LogP contribution is 2.34. The molecule has 1 aromatic carbocycles. The van der Waals surface area contributed by atoms with Crippen LogP contribution in [0.5, 0.6) is 0 Å². The van der Waals surface area contributed by atoms with Gasteiger partial charge in [-0.1, -0.05) is 32.9 Å². The van der Waals surface area contributed by atoms with Crippen molar-refractivity contribution in [2.75, 3.05) is 6.61 Å². The van der Waals surface area contributed by atoms with E-state index in [1.54, 1.807) is 6.92 Å². The number of fused-ring (bicyclic) bond motifs is 3. The first-order valence-electron chi connectivity index (χ1n) is 7.45. The van der Waals surface area contributed by atoms with E-state index in [2.05, 4.69) is 36.8 Å². The number of benzene rings is 1. The number of rotatable bonds is 2. The van der Waals surface area contributed by atoms with Crippen LogP contribution in [0.25, 0.3) is 20.3 Å². The second-order valence-electron chi connectivity index (χ2n) is 6.38. The monoisotopic (exact) mass is 330 g/mol. The van der Waals surface area contributed by atoms with Gasteiger partial charge in [0.25, 0.3) is 5.56 Å². The van der Waals surface area contributed by atoms with Crippen LogP contribution in [0.2, 0.25) is 0 Å². The lowest BCUT2D eigenvalue weighted by atomic mass is 9.87. The van der Waals surface area contributed by atoms with Gasteiger partial charge in [-0.2, -0.15) is 0 Å². The molecule has 0 unspecified atom stereocenters. The molecule has 120 valence electrons. The SMILES string of the molecule is CCOC(=O)c1nc2sc3cc(C(C)(C)C)ccc3c2c(=O)[nH]1. The van der Waals surface area contributed by atoms with Crippen molar-refractivity contribution < 1.29 is 9.53 Å². The van der Waals surface area contributed by atoms with Crippen molar-refractivity contribution in [1.82, 2.24) is 9.97 Å². The maximum Gasteiger partial charge on any atom is 0.374 e. The predicted molar refractivity (Wildman–Crippen MR) is 92.4 cm³/mol. The van der Waals surface area contributed by atoms with Crippen LogP contribution < -0.4 is 5.56 Å². The minimum Gasteiger partial charge on any atom is -0.460 e. The van der Waals surface area contributed by atoms with E-state index in [1.165, 1.54) is 16.9 Å². The Morgan fingerprint density at radius 2 is 2.09 bits per heavy atom. The molecule has 3 rings (SSSR count). The van der Waals surface area contributed by atoms with Gasteiger partial charge in [0, 0.05) is 10.1 Å². The molecule has 0 atom stereocenters. The molecule has 0 spiro atoms. The van der Waals surface area contributed by atoms with Crippen LogP contribution in [-0.4, -0.2) is 22.5 Å². The molecule has 6 heteroatoms. The number of thiophene rings is 1. The molecule has 0 saturated heterocycles. The first kappa shape index (κ1) is 15.7. The zero-order valence-electron chi connectivity index (χ0n) is 13.5. The number of aromatic nitrogens is 2. The Kier molecular flexibility index (Phi) is 3.72. The van der Waals surface area contributed by atoms with Crippen molar-refractivity contribution in [3.8, 4) is 0 Å². The van der Waals surface area contributed by atoms with Crippen molar-refractivity contribution in [2.24, 2.45) is 0 Å². The van der Waals surface area contributed by atoms with Crippen molar-refractivity contribution in [3.05, 3.63) is 39.9 Å². The summed E-state index contributed by atoms with van der Waals surface area (Å²) in [5.74, 6) is -0.661. The normalized spacial score (nSPS) is 12.0. The maximum atomic E-state index is 12.4. The van der Waals surface area contributed by atoms with Gasteiger partial charge in [0.1, 0.15) is 4.83 Å². The number of carbonyl (C=O) groups excluding carboxylic acids is 1. The topological polar surface area (TPSA) is 72.0 Å². The molecule has 0 aliphatic rings. The molecular formula is C17H18N2O3S. The summed E-state index contributed by atoms with van der Waals surface area (Å²) in [6.07, 6.45) is 0. The Morgan fingerprint density at radius 3 is 2.74 bits per heavy atom. The summed E-state index contributed by atoms with van der Waals surface area (Å²) >= 11 is 1.42. The van der Waals surface area contributed by atoms with Crippen LogP contribution in [0.15, 0.2) is 23.0 Å². The van der Waals surface area contributed by atoms with Gasteiger partial charge in [-0.15, -0.1) is 11.3 Å². The van der Waals surface area contributed by atoms with Gasteiger partial charge in [-0.25, -0.2) is 9.78 Å². The fraction of sp³-hybridized carbons (Fsp3) is 0.353. The summed E-state index contributed by atoms with van der Waals surface area (Å²) in [5, 5.41) is 1.39. The third kappa shape index (κ3) is 2.74. The lowest BCUT2D eigenvalue weighted by Crippen LogP contribution is -2.17. The Labute approximate surface area is 137 Å². The average Bonchev–Trinajstić information content (AvgIpc) is 2.84. The number of nitrogens with zero attached hydrogens (tertiary/aromatic N) is 1. The number of carbonyl (C=O) groups is 1. The van der Waals surface area contributed by atoms with Crippen LogP contribution in [0.4, 0.5) is 0 Å². The molecule has 2 heterocycles. The van der Waals surface area contributed by atoms with Gasteiger partial charge in [0.05, 0.1) is 12.0 Å². The van der Waals surface area contributed by atoms with Gasteiger partial charge < -0.3 is 9.72 Å². The number of ether oxygens (including phenoxy) is 1. The number of H-pyrrole nitrogens is 1. The van der Waals surface area contributed by atoms with Crippen molar-refractivity contribution in [3.63, 3.8) is 0 Å². The number of hydrogen-bond acceptors (Lipinski definition) is 5. The molecule has 2 aromatic heterocycles. The average molecular weight is 330 g/mol. The predicted octanol–water partition coefficient (Wildman–Crippen LogP) is 3.61. The lowest BCUT2D eigenvalue weighted by molar-refractivity contribution is 0.0512. The van der Waals surface area contributed by atoms with E-state index in [1.807, 2.05) is 12.1 Å². The smallest absolute Gasteiger partial charge is 0.374 e. The highest BCUT2D eigenvalue weighted by Gasteiger charge is 2.19. The van der Waals surface area contributed by atoms with E-state index in [9.17, 15) is 9.59 Å². The molecule has 0 fully saturated rings. The van der Waals surface area contributed by atoms with Crippen molar-refractivity contribution in [1.29, 1.82) is 0 Å². The van der Waals surface area contributed by atoms with Crippen molar-refractivity contribution in [2.45, 2.75) is 33.1 Å². The van der Waals surface area contributed by atoms with Gasteiger partial charge in [-0.05, 0) is 24.0 Å². The summed E-state index contributed by atoms with van der Waals surface area (Å²) in [6.45, 7) is 8.38. The van der Waals surface area contributed by atoms with Crippen LogP contribution in [0.3, 0.4) is 0 Å². The first-order chi connectivity index (χ1) is 10.8. The van der Waals surface area contributed by atoms with E-state index in [0.717, 1.165) is 10.1 Å². The Hall–Kier alpha value is -2.21. The molecule has 5 nitrogen and oxygen atoms in total. The van der Waals surface area contributed by atoms with E-state index >= 15 is 0 Å². The molecule has 23 heavy (non-hydrogen) atoms. The van der Waals surface area contributed by atoms with Crippen LogP contribution >= 0.6 is 11.3 Å². The molecule has 3 aromatic rings. The summed E-state index contributed by atoms with van der Waals surface area (Å²) in [4.78, 5) is 31.5. The Bertz CT molecular complexity index is 964. The minimum atomic E-state index is -0.612. The molecule has 0 amide bonds. The van der Waals surface area contributed by atoms with Crippen LogP contribution in [-0.2, 0) is 10.2 Å². The molecule has 0 saturated carbocycles.